The molecule has 2 aromatic carbocycles. The first-order valence-electron chi connectivity index (χ1n) is 5.05. The number of benzene rings is 2. The number of para-hydroxylation sites is 1. The molecule has 94 valence electrons. The number of hydrogen-bond donors (Lipinski definition) is 2. The van der Waals surface area contributed by atoms with E-state index in [2.05, 4.69) is 33.3 Å². The van der Waals surface area contributed by atoms with E-state index in [1.807, 2.05) is 0 Å². The lowest BCUT2D eigenvalue weighted by Crippen LogP contribution is -2.13. The van der Waals surface area contributed by atoms with E-state index in [1.165, 1.54) is 12.1 Å². The molecule has 0 atom stereocenters. The van der Waals surface area contributed by atoms with Gasteiger partial charge in [-0.3, -0.25) is 4.72 Å². The summed E-state index contributed by atoms with van der Waals surface area (Å²) >= 11 is 7.47. The molecule has 0 aliphatic rings. The van der Waals surface area contributed by atoms with E-state index in [-0.39, 0.29) is 4.90 Å². The van der Waals surface area contributed by atoms with Crippen molar-refractivity contribution in [2.24, 2.45) is 0 Å². The van der Waals surface area contributed by atoms with Crippen LogP contribution >= 0.6 is 28.6 Å². The van der Waals surface area contributed by atoms with Gasteiger partial charge in [0, 0.05) is 9.37 Å². The minimum atomic E-state index is -3.57. The molecule has 0 aliphatic carbocycles. The van der Waals surface area contributed by atoms with E-state index >= 15 is 0 Å². The molecule has 0 aliphatic heterocycles. The minimum Gasteiger partial charge on any atom is -0.279 e. The van der Waals surface area contributed by atoms with Crippen molar-refractivity contribution >= 4 is 44.3 Å². The molecule has 0 aromatic heterocycles. The smallest absolute Gasteiger partial charge is 0.261 e. The van der Waals surface area contributed by atoms with Crippen LogP contribution < -0.4 is 4.72 Å². The number of halogens is 1. The fourth-order valence-corrected chi connectivity index (χ4v) is 3.01. The maximum Gasteiger partial charge on any atom is 0.261 e. The van der Waals surface area contributed by atoms with Gasteiger partial charge in [0.2, 0.25) is 0 Å². The minimum absolute atomic E-state index is 0.210. The van der Waals surface area contributed by atoms with Gasteiger partial charge in [-0.05, 0) is 36.4 Å². The van der Waals surface area contributed by atoms with Gasteiger partial charge in [0.05, 0.1) is 10.6 Å². The average Bonchev–Trinajstić information content (AvgIpc) is 2.32. The van der Waals surface area contributed by atoms with Gasteiger partial charge in [0.25, 0.3) is 10.0 Å². The van der Waals surface area contributed by atoms with E-state index in [4.69, 9.17) is 0 Å². The Kier molecular flexibility index (Phi) is 3.99. The van der Waals surface area contributed by atoms with Crippen LogP contribution in [0.4, 0.5) is 5.69 Å². The molecular formula is C12H10BrNO2S2. The molecule has 6 heteroatoms. The Morgan fingerprint density at radius 3 is 2.22 bits per heavy atom. The molecule has 1 N–H and O–H groups in total. The van der Waals surface area contributed by atoms with Crippen molar-refractivity contribution in [3.05, 3.63) is 53.0 Å². The molecule has 0 unspecified atom stereocenters. The molecular weight excluding hydrogens is 334 g/mol. The van der Waals surface area contributed by atoms with Gasteiger partial charge in [0.1, 0.15) is 0 Å². The monoisotopic (exact) mass is 343 g/mol. The summed E-state index contributed by atoms with van der Waals surface area (Å²) in [6.07, 6.45) is 0. The first-order valence-corrected chi connectivity index (χ1v) is 7.78. The van der Waals surface area contributed by atoms with Crippen molar-refractivity contribution < 1.29 is 8.42 Å². The number of hydrogen-bond acceptors (Lipinski definition) is 3. The molecule has 0 spiro atoms. The van der Waals surface area contributed by atoms with Gasteiger partial charge in [-0.2, -0.15) is 0 Å². The summed E-state index contributed by atoms with van der Waals surface area (Å²) in [6.45, 7) is 0. The first-order chi connectivity index (χ1) is 8.49. The van der Waals surface area contributed by atoms with Gasteiger partial charge in [-0.1, -0.05) is 28.1 Å². The maximum absolute atomic E-state index is 12.1. The van der Waals surface area contributed by atoms with Crippen LogP contribution in [-0.4, -0.2) is 8.42 Å². The van der Waals surface area contributed by atoms with Gasteiger partial charge in [-0.15, -0.1) is 12.6 Å². The largest absolute Gasteiger partial charge is 0.279 e. The van der Waals surface area contributed by atoms with Crippen molar-refractivity contribution in [2.45, 2.75) is 9.79 Å². The average molecular weight is 344 g/mol. The molecule has 0 saturated carbocycles. The molecule has 2 rings (SSSR count). The van der Waals surface area contributed by atoms with Crippen LogP contribution in [0.2, 0.25) is 0 Å². The van der Waals surface area contributed by atoms with E-state index < -0.39 is 10.0 Å². The fourth-order valence-electron chi connectivity index (χ4n) is 1.38. The molecule has 0 radical (unpaired) electrons. The second-order valence-electron chi connectivity index (χ2n) is 3.58. The molecule has 0 fully saturated rings. The van der Waals surface area contributed by atoms with Crippen LogP contribution in [0.25, 0.3) is 0 Å². The lowest BCUT2D eigenvalue weighted by Gasteiger charge is -2.09. The van der Waals surface area contributed by atoms with E-state index in [0.29, 0.717) is 10.6 Å². The first kappa shape index (κ1) is 13.5. The highest BCUT2D eigenvalue weighted by atomic mass is 79.9. The summed E-state index contributed by atoms with van der Waals surface area (Å²) in [4.78, 5) is 0.792. The van der Waals surface area contributed by atoms with Crippen LogP contribution in [0.15, 0.2) is 62.8 Å². The summed E-state index contributed by atoms with van der Waals surface area (Å²) in [7, 11) is -3.57. The zero-order valence-electron chi connectivity index (χ0n) is 9.17. The van der Waals surface area contributed by atoms with Crippen LogP contribution in [0.1, 0.15) is 0 Å². The number of rotatable bonds is 3. The molecule has 18 heavy (non-hydrogen) atoms. The van der Waals surface area contributed by atoms with Gasteiger partial charge < -0.3 is 0 Å². The Morgan fingerprint density at radius 1 is 1.00 bits per heavy atom. The zero-order valence-corrected chi connectivity index (χ0v) is 12.5. The number of nitrogens with one attached hydrogen (secondary N) is 1. The van der Waals surface area contributed by atoms with Crippen LogP contribution in [0.5, 0.6) is 0 Å². The maximum atomic E-state index is 12.1. The Labute approximate surface area is 120 Å². The third kappa shape index (κ3) is 3.07. The molecule has 0 amide bonds. The second kappa shape index (κ2) is 5.34. The van der Waals surface area contributed by atoms with Crippen molar-refractivity contribution in [1.82, 2.24) is 0 Å². The predicted octanol–water partition coefficient (Wildman–Crippen LogP) is 3.54. The second-order valence-corrected chi connectivity index (χ2v) is 6.66. The fraction of sp³-hybridized carbons (Fsp3) is 0. The van der Waals surface area contributed by atoms with Crippen LogP contribution in [-0.2, 0) is 10.0 Å². The lowest BCUT2D eigenvalue weighted by atomic mass is 10.3. The number of thiol groups is 1. The molecule has 0 heterocycles. The van der Waals surface area contributed by atoms with Crippen molar-refractivity contribution in [3.8, 4) is 0 Å². The number of sulfonamides is 1. The zero-order chi connectivity index (χ0) is 13.2. The summed E-state index contributed by atoms with van der Waals surface area (Å²) < 4.78 is 27.5. The normalized spacial score (nSPS) is 11.2. The van der Waals surface area contributed by atoms with Crippen molar-refractivity contribution in [1.29, 1.82) is 0 Å². The highest BCUT2D eigenvalue weighted by Crippen LogP contribution is 2.23. The highest BCUT2D eigenvalue weighted by molar-refractivity contribution is 9.10. The Hall–Kier alpha value is -0.980. The Bertz CT molecular complexity index is 654. The molecule has 3 nitrogen and oxygen atoms in total. The summed E-state index contributed by atoms with van der Waals surface area (Å²) in [5, 5.41) is 0. The van der Waals surface area contributed by atoms with Crippen LogP contribution in [0.3, 0.4) is 0 Å². The SMILES string of the molecule is O=S(=O)(Nc1ccccc1S)c1ccc(Br)cc1. The highest BCUT2D eigenvalue weighted by Gasteiger charge is 2.14. The van der Waals surface area contributed by atoms with Crippen LogP contribution in [0, 0.1) is 0 Å². The Morgan fingerprint density at radius 2 is 1.61 bits per heavy atom. The summed E-state index contributed by atoms with van der Waals surface area (Å²) in [5.41, 5.74) is 0.462. The quantitative estimate of drug-likeness (QED) is 0.837. The van der Waals surface area contributed by atoms with E-state index in [1.54, 1.807) is 36.4 Å². The molecule has 2 aromatic rings. The summed E-state index contributed by atoms with van der Waals surface area (Å²) in [6, 6.07) is 13.4. The number of anilines is 1. The third-order valence-corrected chi connectivity index (χ3v) is 4.57. The van der Waals surface area contributed by atoms with Gasteiger partial charge >= 0.3 is 0 Å². The van der Waals surface area contributed by atoms with Gasteiger partial charge in [-0.25, -0.2) is 8.42 Å². The van der Waals surface area contributed by atoms with Crippen molar-refractivity contribution in [2.75, 3.05) is 4.72 Å². The Balaban J connectivity index is 2.33. The third-order valence-electron chi connectivity index (χ3n) is 2.27. The van der Waals surface area contributed by atoms with Gasteiger partial charge in [0.15, 0.2) is 0 Å². The van der Waals surface area contributed by atoms with E-state index in [9.17, 15) is 8.42 Å². The topological polar surface area (TPSA) is 46.2 Å². The lowest BCUT2D eigenvalue weighted by molar-refractivity contribution is 0.601. The standard InChI is InChI=1S/C12H10BrNO2S2/c13-9-5-7-10(8-6-9)18(15,16)14-11-3-1-2-4-12(11)17/h1-8,14,17H. The molecule has 0 bridgehead atoms. The van der Waals surface area contributed by atoms with Crippen molar-refractivity contribution in [3.63, 3.8) is 0 Å². The summed E-state index contributed by atoms with van der Waals surface area (Å²) in [5.74, 6) is 0. The van der Waals surface area contributed by atoms with E-state index in [0.717, 1.165) is 4.47 Å². The predicted molar refractivity (Wildman–Crippen MR) is 78.6 cm³/mol. The molecule has 0 saturated heterocycles.